The van der Waals surface area contributed by atoms with Crippen LogP contribution in [0.15, 0.2) is 0 Å². The molecule has 0 spiro atoms. The third-order valence-corrected chi connectivity index (χ3v) is 4.07. The zero-order valence-electron chi connectivity index (χ0n) is 10.7. The molecule has 2 rings (SSSR count). The highest BCUT2D eigenvalue weighted by molar-refractivity contribution is 4.67. The first kappa shape index (κ1) is 11.4. The van der Waals surface area contributed by atoms with Crippen molar-refractivity contribution in [3.05, 3.63) is 0 Å². The summed E-state index contributed by atoms with van der Waals surface area (Å²) in [5, 5.41) is 0. The van der Waals surface area contributed by atoms with E-state index in [9.17, 15) is 0 Å². The number of fused-ring (bicyclic) bond motifs is 2. The van der Waals surface area contributed by atoms with Gasteiger partial charge in [0.05, 0.1) is 47.7 Å². The number of rotatable bonds is 0. The van der Waals surface area contributed by atoms with Gasteiger partial charge in [-0.05, 0) is 12.8 Å². The van der Waals surface area contributed by atoms with Gasteiger partial charge in [0, 0.05) is 0 Å². The fraction of sp³-hybridized carbons (Fsp3) is 1.00. The van der Waals surface area contributed by atoms with E-state index in [2.05, 4.69) is 28.2 Å². The summed E-state index contributed by atoms with van der Waals surface area (Å²) in [6.07, 6.45) is 4.69. The zero-order valence-corrected chi connectivity index (χ0v) is 10.7. The first-order chi connectivity index (χ1) is 6.89. The minimum absolute atomic E-state index is 0.428. The summed E-state index contributed by atoms with van der Waals surface area (Å²) in [6, 6.07) is 0. The van der Waals surface area contributed by atoms with E-state index in [1.54, 1.807) is 0 Å². The molecule has 2 bridgehead atoms. The lowest BCUT2D eigenvalue weighted by Crippen LogP contribution is -2.50. The molecule has 2 aliphatic rings. The fourth-order valence-corrected chi connectivity index (χ4v) is 2.98. The van der Waals surface area contributed by atoms with Crippen molar-refractivity contribution in [3.8, 4) is 0 Å². The Kier molecular flexibility index (Phi) is 2.82. The van der Waals surface area contributed by atoms with Crippen LogP contribution < -0.4 is 0 Å². The summed E-state index contributed by atoms with van der Waals surface area (Å²) in [6.45, 7) is 3.72. The van der Waals surface area contributed by atoms with Crippen LogP contribution in [-0.4, -0.2) is 69.1 Å². The maximum Gasteiger partial charge on any atom is 0.198 e. The predicted octanol–water partition coefficient (Wildman–Crippen LogP) is 1.05. The third-order valence-electron chi connectivity index (χ3n) is 4.07. The van der Waals surface area contributed by atoms with Crippen LogP contribution in [0.5, 0.6) is 0 Å². The molecule has 2 heterocycles. The lowest BCUT2D eigenvalue weighted by molar-refractivity contribution is -0.938. The van der Waals surface area contributed by atoms with Crippen LogP contribution in [0.2, 0.25) is 0 Å². The van der Waals surface area contributed by atoms with Gasteiger partial charge in [-0.2, -0.15) is 0 Å². The Morgan fingerprint density at radius 2 is 1.73 bits per heavy atom. The van der Waals surface area contributed by atoms with Crippen LogP contribution >= 0.6 is 0 Å². The van der Waals surface area contributed by atoms with Gasteiger partial charge < -0.3 is 13.7 Å². The van der Waals surface area contributed by atoms with E-state index in [0.717, 1.165) is 8.97 Å². The van der Waals surface area contributed by atoms with E-state index >= 15 is 0 Å². The zero-order chi connectivity index (χ0) is 11.1. The maximum absolute atomic E-state index is 6.28. The standard InChI is InChI=1S/C12H26N2O/c1-13(2)9-7-12-14(3,4)8-5-6-11(10-13)15-12/h11-12H,5-10H2,1-4H3/q+2. The van der Waals surface area contributed by atoms with Gasteiger partial charge in [0.2, 0.25) is 0 Å². The van der Waals surface area contributed by atoms with Gasteiger partial charge in [-0.3, -0.25) is 0 Å². The normalized spacial score (nSPS) is 39.2. The second-order valence-corrected chi connectivity index (χ2v) is 6.49. The molecule has 0 radical (unpaired) electrons. The Hall–Kier alpha value is -0.120. The molecule has 0 amide bonds. The van der Waals surface area contributed by atoms with E-state index in [1.807, 2.05) is 0 Å². The van der Waals surface area contributed by atoms with Crippen molar-refractivity contribution in [2.75, 3.05) is 47.8 Å². The number of hydrogen-bond acceptors (Lipinski definition) is 1. The predicted molar refractivity (Wildman–Crippen MR) is 61.3 cm³/mol. The number of quaternary nitrogens is 2. The largest absolute Gasteiger partial charge is 0.326 e. The smallest absolute Gasteiger partial charge is 0.198 e. The van der Waals surface area contributed by atoms with Crippen LogP contribution in [0.1, 0.15) is 19.3 Å². The molecule has 0 saturated carbocycles. The molecule has 0 N–H and O–H groups in total. The number of hydrogen-bond donors (Lipinski definition) is 0. The molecule has 88 valence electrons. The average molecular weight is 214 g/mol. The molecule has 15 heavy (non-hydrogen) atoms. The summed E-state index contributed by atoms with van der Waals surface area (Å²) < 4.78 is 8.46. The van der Waals surface area contributed by atoms with Crippen LogP contribution in [0.3, 0.4) is 0 Å². The molecular formula is C12H26N2O+2. The molecule has 0 aliphatic carbocycles. The van der Waals surface area contributed by atoms with Gasteiger partial charge in [-0.25, -0.2) is 0 Å². The van der Waals surface area contributed by atoms with Crippen LogP contribution in [-0.2, 0) is 4.74 Å². The maximum atomic E-state index is 6.28. The molecule has 3 nitrogen and oxygen atoms in total. The second kappa shape index (κ2) is 3.72. The van der Waals surface area contributed by atoms with E-state index in [0.29, 0.717) is 12.3 Å². The Morgan fingerprint density at radius 3 is 2.47 bits per heavy atom. The molecule has 2 saturated heterocycles. The summed E-state index contributed by atoms with van der Waals surface area (Å²) in [7, 11) is 9.30. The summed E-state index contributed by atoms with van der Waals surface area (Å²) in [4.78, 5) is 0. The van der Waals surface area contributed by atoms with E-state index in [-0.39, 0.29) is 0 Å². The summed E-state index contributed by atoms with van der Waals surface area (Å²) >= 11 is 0. The van der Waals surface area contributed by atoms with Gasteiger partial charge in [0.25, 0.3) is 0 Å². The molecular weight excluding hydrogens is 188 g/mol. The summed E-state index contributed by atoms with van der Waals surface area (Å²) in [5.41, 5.74) is 0. The highest BCUT2D eigenvalue weighted by atomic mass is 16.5. The minimum atomic E-state index is 0.428. The fourth-order valence-electron chi connectivity index (χ4n) is 2.98. The first-order valence-corrected chi connectivity index (χ1v) is 6.19. The SMILES string of the molecule is C[N+]1(C)CCC2OC(CCC[N+]2(C)C)C1. The molecule has 0 aromatic carbocycles. The highest BCUT2D eigenvalue weighted by Crippen LogP contribution is 2.27. The minimum Gasteiger partial charge on any atom is -0.326 e. The Balaban J connectivity index is 2.16. The van der Waals surface area contributed by atoms with Crippen molar-refractivity contribution in [3.63, 3.8) is 0 Å². The molecule has 2 unspecified atom stereocenters. The number of nitrogens with zero attached hydrogens (tertiary/aromatic N) is 2. The molecule has 0 aromatic heterocycles. The van der Waals surface area contributed by atoms with Crippen molar-refractivity contribution in [2.24, 2.45) is 0 Å². The Labute approximate surface area is 93.8 Å². The van der Waals surface area contributed by atoms with Crippen molar-refractivity contribution in [2.45, 2.75) is 31.6 Å². The second-order valence-electron chi connectivity index (χ2n) is 6.49. The van der Waals surface area contributed by atoms with Crippen LogP contribution in [0.4, 0.5) is 0 Å². The quantitative estimate of drug-likeness (QED) is 0.548. The topological polar surface area (TPSA) is 9.23 Å². The summed E-state index contributed by atoms with van der Waals surface area (Å²) in [5.74, 6) is 0. The van der Waals surface area contributed by atoms with Crippen molar-refractivity contribution < 1.29 is 13.7 Å². The average Bonchev–Trinajstić information content (AvgIpc) is 2.30. The lowest BCUT2D eigenvalue weighted by atomic mass is 10.1. The van der Waals surface area contributed by atoms with Crippen LogP contribution in [0.25, 0.3) is 0 Å². The van der Waals surface area contributed by atoms with Crippen molar-refractivity contribution >= 4 is 0 Å². The Morgan fingerprint density at radius 1 is 1.00 bits per heavy atom. The number of likely N-dealkylation sites (N-methyl/N-ethyl adjacent to an activating group) is 1. The van der Waals surface area contributed by atoms with E-state index in [4.69, 9.17) is 4.74 Å². The van der Waals surface area contributed by atoms with E-state index < -0.39 is 0 Å². The lowest BCUT2D eigenvalue weighted by Gasteiger charge is -2.35. The molecule has 2 atom stereocenters. The van der Waals surface area contributed by atoms with Gasteiger partial charge >= 0.3 is 0 Å². The molecule has 3 heteroatoms. The molecule has 2 aliphatic heterocycles. The third kappa shape index (κ3) is 2.52. The Bertz CT molecular complexity index is 238. The molecule has 2 fully saturated rings. The van der Waals surface area contributed by atoms with Crippen molar-refractivity contribution in [1.82, 2.24) is 0 Å². The monoisotopic (exact) mass is 214 g/mol. The van der Waals surface area contributed by atoms with Gasteiger partial charge in [-0.1, -0.05) is 0 Å². The first-order valence-electron chi connectivity index (χ1n) is 6.19. The van der Waals surface area contributed by atoms with Crippen LogP contribution in [0, 0.1) is 0 Å². The van der Waals surface area contributed by atoms with Crippen molar-refractivity contribution in [1.29, 1.82) is 0 Å². The number of ether oxygens (including phenoxy) is 1. The van der Waals surface area contributed by atoms with Gasteiger partial charge in [0.1, 0.15) is 12.6 Å². The molecule has 0 aromatic rings. The van der Waals surface area contributed by atoms with E-state index in [1.165, 1.54) is 38.9 Å². The van der Waals surface area contributed by atoms with Gasteiger partial charge in [-0.15, -0.1) is 0 Å². The van der Waals surface area contributed by atoms with Gasteiger partial charge in [0.15, 0.2) is 6.23 Å². The highest BCUT2D eigenvalue weighted by Gasteiger charge is 2.40.